The fraction of sp³-hybridized carbons (Fsp3) is 0.412. The monoisotopic (exact) mass is 330 g/mol. The third kappa shape index (κ3) is 2.18. The van der Waals surface area contributed by atoms with Crippen molar-refractivity contribution in [1.29, 1.82) is 0 Å². The lowest BCUT2D eigenvalue weighted by atomic mass is 10.0. The first kappa shape index (κ1) is 14.7. The molecule has 0 spiro atoms. The average molecular weight is 331 g/mol. The van der Waals surface area contributed by atoms with E-state index in [2.05, 4.69) is 45.1 Å². The zero-order valence-corrected chi connectivity index (χ0v) is 13.5. The molecule has 5 nitrogen and oxygen atoms in total. The summed E-state index contributed by atoms with van der Waals surface area (Å²) in [6.45, 7) is 1.68. The molecular weight excluding hydrogens is 312 g/mol. The zero-order valence-electron chi connectivity index (χ0n) is 12.6. The van der Waals surface area contributed by atoms with Crippen molar-refractivity contribution in [1.82, 2.24) is 20.8 Å². The molecule has 3 unspecified atom stereocenters. The summed E-state index contributed by atoms with van der Waals surface area (Å²) in [5.74, 6) is 1.06. The van der Waals surface area contributed by atoms with E-state index in [-0.39, 0.29) is 24.4 Å². The van der Waals surface area contributed by atoms with Gasteiger partial charge in [-0.25, -0.2) is 0 Å². The predicted molar refractivity (Wildman–Crippen MR) is 88.9 cm³/mol. The lowest BCUT2D eigenvalue weighted by molar-refractivity contribution is 0.0942. The van der Waals surface area contributed by atoms with Crippen LogP contribution in [0.1, 0.15) is 38.8 Å². The second-order valence-corrected chi connectivity index (χ2v) is 6.55. The molecule has 1 aromatic carbocycles. The SMILES string of the molecule is Cl.O=C(NC1C2Cc3ccccc3C21)c1n[nH]c2c1CNCC2. The van der Waals surface area contributed by atoms with Gasteiger partial charge in [0.1, 0.15) is 0 Å². The normalized spacial score (nSPS) is 26.5. The summed E-state index contributed by atoms with van der Waals surface area (Å²) in [6, 6.07) is 8.88. The first-order valence-corrected chi connectivity index (χ1v) is 7.98. The number of fused-ring (bicyclic) bond motifs is 4. The van der Waals surface area contributed by atoms with Crippen molar-refractivity contribution in [3.05, 3.63) is 52.3 Å². The maximum Gasteiger partial charge on any atom is 0.272 e. The van der Waals surface area contributed by atoms with E-state index in [0.717, 1.165) is 37.2 Å². The number of hydrogen-bond acceptors (Lipinski definition) is 3. The molecule has 2 heterocycles. The van der Waals surface area contributed by atoms with Crippen LogP contribution in [0.15, 0.2) is 24.3 Å². The lowest BCUT2D eigenvalue weighted by Gasteiger charge is -2.13. The van der Waals surface area contributed by atoms with Crippen molar-refractivity contribution in [3.8, 4) is 0 Å². The highest BCUT2D eigenvalue weighted by Gasteiger charge is 2.56. The van der Waals surface area contributed by atoms with Gasteiger partial charge in [0.25, 0.3) is 5.91 Å². The maximum atomic E-state index is 12.5. The van der Waals surface area contributed by atoms with Crippen molar-refractivity contribution in [3.63, 3.8) is 0 Å². The van der Waals surface area contributed by atoms with Gasteiger partial charge >= 0.3 is 0 Å². The molecule has 2 aromatic rings. The zero-order chi connectivity index (χ0) is 14.7. The Kier molecular flexibility index (Phi) is 3.43. The molecule has 3 atom stereocenters. The Morgan fingerprint density at radius 3 is 3.09 bits per heavy atom. The molecule has 3 aliphatic rings. The molecule has 1 fully saturated rings. The number of H-pyrrole nitrogens is 1. The summed E-state index contributed by atoms with van der Waals surface area (Å²) in [5, 5.41) is 13.8. The Hall–Kier alpha value is -1.85. The maximum absolute atomic E-state index is 12.5. The number of amides is 1. The van der Waals surface area contributed by atoms with E-state index >= 15 is 0 Å². The van der Waals surface area contributed by atoms with Crippen molar-refractivity contribution in [2.45, 2.75) is 31.3 Å². The van der Waals surface area contributed by atoms with E-state index in [4.69, 9.17) is 0 Å². The summed E-state index contributed by atoms with van der Waals surface area (Å²) in [6.07, 6.45) is 2.00. The number of aromatic nitrogens is 2. The van der Waals surface area contributed by atoms with Crippen LogP contribution in [-0.4, -0.2) is 28.7 Å². The molecule has 6 heteroatoms. The topological polar surface area (TPSA) is 69.8 Å². The largest absolute Gasteiger partial charge is 0.347 e. The van der Waals surface area contributed by atoms with Gasteiger partial charge in [0, 0.05) is 42.7 Å². The van der Waals surface area contributed by atoms with Gasteiger partial charge in [0.05, 0.1) is 0 Å². The molecule has 2 aliphatic carbocycles. The second kappa shape index (κ2) is 5.35. The number of carbonyl (C=O) groups excluding carboxylic acids is 1. The summed E-state index contributed by atoms with van der Waals surface area (Å²) >= 11 is 0. The highest BCUT2D eigenvalue weighted by Crippen LogP contribution is 2.56. The van der Waals surface area contributed by atoms with E-state index in [1.807, 2.05) is 0 Å². The third-order valence-electron chi connectivity index (χ3n) is 5.36. The molecule has 1 aromatic heterocycles. The highest BCUT2D eigenvalue weighted by atomic mass is 35.5. The summed E-state index contributed by atoms with van der Waals surface area (Å²) in [7, 11) is 0. The number of halogens is 1. The van der Waals surface area contributed by atoms with Gasteiger partial charge in [-0.1, -0.05) is 24.3 Å². The average Bonchev–Trinajstić information content (AvgIpc) is 2.92. The van der Waals surface area contributed by atoms with Gasteiger partial charge in [-0.15, -0.1) is 12.4 Å². The molecule has 120 valence electrons. The quantitative estimate of drug-likeness (QED) is 0.782. The molecule has 1 saturated carbocycles. The van der Waals surface area contributed by atoms with Crippen molar-refractivity contribution in [2.75, 3.05) is 6.54 Å². The predicted octanol–water partition coefficient (Wildman–Crippen LogP) is 1.55. The fourth-order valence-corrected chi connectivity index (χ4v) is 4.18. The molecule has 0 bridgehead atoms. The molecule has 5 rings (SSSR count). The number of nitrogens with zero attached hydrogens (tertiary/aromatic N) is 1. The number of benzene rings is 1. The van der Waals surface area contributed by atoms with Gasteiger partial charge in [-0.3, -0.25) is 9.89 Å². The van der Waals surface area contributed by atoms with Gasteiger partial charge in [-0.05, 0) is 23.5 Å². The Bertz CT molecular complexity index is 772. The van der Waals surface area contributed by atoms with Crippen LogP contribution in [0, 0.1) is 5.92 Å². The number of hydrogen-bond donors (Lipinski definition) is 3. The fourth-order valence-electron chi connectivity index (χ4n) is 4.18. The first-order valence-electron chi connectivity index (χ1n) is 7.98. The standard InChI is InChI=1S/C17H18N4O.ClH/c22-17(16-12-8-18-6-5-13(12)20-21-16)19-15-11-7-9-3-1-2-4-10(9)14(11)15;/h1-4,11,14-15,18H,5-8H2,(H,19,22)(H,20,21);1H. The second-order valence-electron chi connectivity index (χ2n) is 6.55. The van der Waals surface area contributed by atoms with Crippen molar-refractivity contribution >= 4 is 18.3 Å². The van der Waals surface area contributed by atoms with Crippen LogP contribution in [0.5, 0.6) is 0 Å². The van der Waals surface area contributed by atoms with Gasteiger partial charge < -0.3 is 10.6 Å². The van der Waals surface area contributed by atoms with Crippen LogP contribution in [-0.2, 0) is 19.4 Å². The lowest BCUT2D eigenvalue weighted by Crippen LogP contribution is -2.31. The van der Waals surface area contributed by atoms with Crippen LogP contribution in [0.2, 0.25) is 0 Å². The molecule has 0 radical (unpaired) electrons. The summed E-state index contributed by atoms with van der Waals surface area (Å²) < 4.78 is 0. The minimum atomic E-state index is -0.0296. The highest BCUT2D eigenvalue weighted by molar-refractivity contribution is 5.94. The van der Waals surface area contributed by atoms with Gasteiger partial charge in [-0.2, -0.15) is 5.10 Å². The Balaban J connectivity index is 0.00000135. The molecule has 23 heavy (non-hydrogen) atoms. The molecule has 3 N–H and O–H groups in total. The Labute approximate surface area is 140 Å². The van der Waals surface area contributed by atoms with Crippen LogP contribution >= 0.6 is 12.4 Å². The minimum Gasteiger partial charge on any atom is -0.347 e. The van der Waals surface area contributed by atoms with Gasteiger partial charge in [0.15, 0.2) is 5.69 Å². The number of aromatic amines is 1. The van der Waals surface area contributed by atoms with Crippen molar-refractivity contribution in [2.24, 2.45) is 5.92 Å². The third-order valence-corrected chi connectivity index (χ3v) is 5.36. The first-order chi connectivity index (χ1) is 10.8. The van der Waals surface area contributed by atoms with E-state index < -0.39 is 0 Å². The van der Waals surface area contributed by atoms with E-state index in [9.17, 15) is 4.79 Å². The number of rotatable bonds is 2. The minimum absolute atomic E-state index is 0. The van der Waals surface area contributed by atoms with Crippen LogP contribution in [0.4, 0.5) is 0 Å². The van der Waals surface area contributed by atoms with Gasteiger partial charge in [0.2, 0.25) is 0 Å². The Morgan fingerprint density at radius 2 is 2.17 bits per heavy atom. The van der Waals surface area contributed by atoms with E-state index in [0.29, 0.717) is 17.5 Å². The van der Waals surface area contributed by atoms with Crippen LogP contribution in [0.25, 0.3) is 0 Å². The summed E-state index contributed by atoms with van der Waals surface area (Å²) in [5.41, 5.74) is 5.58. The molecule has 1 aliphatic heterocycles. The van der Waals surface area contributed by atoms with Crippen LogP contribution in [0.3, 0.4) is 0 Å². The van der Waals surface area contributed by atoms with Crippen LogP contribution < -0.4 is 10.6 Å². The van der Waals surface area contributed by atoms with E-state index in [1.54, 1.807) is 0 Å². The summed E-state index contributed by atoms with van der Waals surface area (Å²) in [4.78, 5) is 12.5. The number of carbonyl (C=O) groups is 1. The van der Waals surface area contributed by atoms with Crippen molar-refractivity contribution < 1.29 is 4.79 Å². The number of nitrogens with one attached hydrogen (secondary N) is 3. The Morgan fingerprint density at radius 1 is 1.30 bits per heavy atom. The molecule has 1 amide bonds. The molecule has 0 saturated heterocycles. The smallest absolute Gasteiger partial charge is 0.272 e. The molecular formula is C17H19ClN4O. The van der Waals surface area contributed by atoms with E-state index in [1.165, 1.54) is 11.1 Å².